The van der Waals surface area contributed by atoms with Gasteiger partial charge in [0.05, 0.1) is 0 Å². The number of hydrogen-bond acceptors (Lipinski definition) is 2. The molecule has 0 heterocycles. The summed E-state index contributed by atoms with van der Waals surface area (Å²) in [5, 5.41) is 0. The molecule has 0 aromatic heterocycles. The van der Waals surface area contributed by atoms with Crippen LogP contribution in [0.1, 0.15) is 5.56 Å². The molecule has 2 rings (SSSR count). The Morgan fingerprint density at radius 3 is 2.28 bits per heavy atom. The van der Waals surface area contributed by atoms with Crippen molar-refractivity contribution in [3.63, 3.8) is 0 Å². The van der Waals surface area contributed by atoms with Gasteiger partial charge in [-0.15, -0.1) is 0 Å². The van der Waals surface area contributed by atoms with Crippen LogP contribution in [0.4, 0.5) is 4.39 Å². The number of halogens is 1. The van der Waals surface area contributed by atoms with Gasteiger partial charge < -0.3 is 0 Å². The van der Waals surface area contributed by atoms with Crippen LogP contribution in [0.15, 0.2) is 65.6 Å². The zero-order valence-electron chi connectivity index (χ0n) is 9.55. The lowest BCUT2D eigenvalue weighted by molar-refractivity contribution is -0.104. The fourth-order valence-corrected chi connectivity index (χ4v) is 2.39. The molecule has 90 valence electrons. The molecule has 0 radical (unpaired) electrons. The second-order valence-corrected chi connectivity index (χ2v) is 4.70. The summed E-state index contributed by atoms with van der Waals surface area (Å²) in [6.07, 6.45) is 2.28. The Morgan fingerprint density at radius 1 is 1.00 bits per heavy atom. The summed E-state index contributed by atoms with van der Waals surface area (Å²) in [5.74, 6) is -0.264. The van der Waals surface area contributed by atoms with Crippen LogP contribution in [0.25, 0.3) is 4.91 Å². The summed E-state index contributed by atoms with van der Waals surface area (Å²) in [5.41, 5.74) is 0.971. The lowest BCUT2D eigenvalue weighted by Gasteiger charge is -2.06. The fourth-order valence-electron chi connectivity index (χ4n) is 1.48. The van der Waals surface area contributed by atoms with Gasteiger partial charge >= 0.3 is 0 Å². The molecule has 0 fully saturated rings. The summed E-state index contributed by atoms with van der Waals surface area (Å²) in [6, 6.07) is 15.8. The van der Waals surface area contributed by atoms with Gasteiger partial charge in [-0.05, 0) is 35.9 Å². The predicted octanol–water partition coefficient (Wildman–Crippen LogP) is 4.16. The number of hydrogen-bond donors (Lipinski definition) is 0. The molecule has 0 aliphatic rings. The molecule has 2 aromatic carbocycles. The van der Waals surface area contributed by atoms with E-state index in [-0.39, 0.29) is 5.82 Å². The van der Waals surface area contributed by atoms with Crippen LogP contribution in [-0.2, 0) is 4.79 Å². The highest BCUT2D eigenvalue weighted by Gasteiger charge is 2.03. The molecule has 0 amide bonds. The van der Waals surface area contributed by atoms with Crippen LogP contribution < -0.4 is 0 Å². The third kappa shape index (κ3) is 3.31. The fraction of sp³-hybridized carbons (Fsp3) is 0. The first-order valence-electron chi connectivity index (χ1n) is 5.44. The number of benzene rings is 2. The molecule has 0 unspecified atom stereocenters. The minimum absolute atomic E-state index is 0.264. The molecule has 2 aromatic rings. The van der Waals surface area contributed by atoms with Crippen LogP contribution >= 0.6 is 11.8 Å². The predicted molar refractivity (Wildman–Crippen MR) is 72.7 cm³/mol. The monoisotopic (exact) mass is 258 g/mol. The van der Waals surface area contributed by atoms with Crippen LogP contribution in [0.2, 0.25) is 0 Å². The zero-order chi connectivity index (χ0) is 12.8. The number of allylic oxidation sites excluding steroid dienone is 1. The molecule has 0 saturated heterocycles. The first-order valence-corrected chi connectivity index (χ1v) is 6.25. The van der Waals surface area contributed by atoms with E-state index in [9.17, 15) is 9.18 Å². The van der Waals surface area contributed by atoms with E-state index >= 15 is 0 Å². The van der Waals surface area contributed by atoms with E-state index in [1.807, 2.05) is 30.3 Å². The van der Waals surface area contributed by atoms with E-state index < -0.39 is 0 Å². The first-order chi connectivity index (χ1) is 8.79. The Morgan fingerprint density at radius 2 is 1.67 bits per heavy atom. The Hall–Kier alpha value is -1.87. The molecule has 1 nitrogen and oxygen atoms in total. The highest BCUT2D eigenvalue weighted by atomic mass is 32.2. The van der Waals surface area contributed by atoms with Crippen LogP contribution in [0.5, 0.6) is 0 Å². The number of rotatable bonds is 4. The molecule has 3 heteroatoms. The lowest BCUT2D eigenvalue weighted by Crippen LogP contribution is -1.82. The maximum atomic E-state index is 12.8. The molecule has 0 saturated carbocycles. The third-order valence-electron chi connectivity index (χ3n) is 2.32. The van der Waals surface area contributed by atoms with Crippen molar-refractivity contribution in [3.8, 4) is 0 Å². The molecule has 18 heavy (non-hydrogen) atoms. The highest BCUT2D eigenvalue weighted by molar-refractivity contribution is 8.08. The van der Waals surface area contributed by atoms with E-state index in [0.717, 1.165) is 21.7 Å². The van der Waals surface area contributed by atoms with Crippen molar-refractivity contribution in [2.24, 2.45) is 0 Å². The summed E-state index contributed by atoms with van der Waals surface area (Å²) < 4.78 is 12.8. The minimum atomic E-state index is -0.264. The van der Waals surface area contributed by atoms with Crippen molar-refractivity contribution >= 4 is 23.0 Å². The molecular weight excluding hydrogens is 247 g/mol. The molecule has 0 atom stereocenters. The first kappa shape index (κ1) is 12.6. The van der Waals surface area contributed by atoms with Crippen LogP contribution in [0, 0.1) is 5.82 Å². The number of carbonyl (C=O) groups is 1. The Bertz CT molecular complexity index is 546. The maximum Gasteiger partial charge on any atom is 0.143 e. The van der Waals surface area contributed by atoms with Gasteiger partial charge in [-0.25, -0.2) is 4.39 Å². The van der Waals surface area contributed by atoms with Gasteiger partial charge in [-0.2, -0.15) is 0 Å². The Balaban J connectivity index is 2.25. The highest BCUT2D eigenvalue weighted by Crippen LogP contribution is 2.33. The van der Waals surface area contributed by atoms with Crippen molar-refractivity contribution in [2.45, 2.75) is 4.90 Å². The van der Waals surface area contributed by atoms with Gasteiger partial charge in [0.15, 0.2) is 0 Å². The van der Waals surface area contributed by atoms with E-state index in [4.69, 9.17) is 0 Å². The van der Waals surface area contributed by atoms with Crippen molar-refractivity contribution < 1.29 is 9.18 Å². The normalized spacial score (nSPS) is 11.3. The zero-order valence-corrected chi connectivity index (χ0v) is 10.4. The average Bonchev–Trinajstić information content (AvgIpc) is 2.42. The molecule has 0 spiro atoms. The minimum Gasteiger partial charge on any atom is -0.299 e. The summed E-state index contributed by atoms with van der Waals surface area (Å²) in [7, 11) is 0. The topological polar surface area (TPSA) is 17.1 Å². The quantitative estimate of drug-likeness (QED) is 0.465. The van der Waals surface area contributed by atoms with E-state index in [1.165, 1.54) is 30.0 Å². The van der Waals surface area contributed by atoms with Gasteiger partial charge in [-0.1, -0.05) is 42.1 Å². The second-order valence-electron chi connectivity index (χ2n) is 3.59. The van der Waals surface area contributed by atoms with Crippen molar-refractivity contribution in [3.05, 3.63) is 72.1 Å². The Labute approximate surface area is 109 Å². The lowest BCUT2D eigenvalue weighted by atomic mass is 10.2. The van der Waals surface area contributed by atoms with Gasteiger partial charge in [0.2, 0.25) is 0 Å². The smallest absolute Gasteiger partial charge is 0.143 e. The number of carbonyl (C=O) groups excluding carboxylic acids is 1. The molecule has 0 N–H and O–H groups in total. The third-order valence-corrected chi connectivity index (χ3v) is 3.42. The van der Waals surface area contributed by atoms with Crippen molar-refractivity contribution in [2.75, 3.05) is 0 Å². The number of aldehydes is 1. The Kier molecular flexibility index (Phi) is 4.31. The van der Waals surface area contributed by atoms with Crippen LogP contribution in [0.3, 0.4) is 0 Å². The second kappa shape index (κ2) is 6.17. The molecular formula is C15H11FOS. The average molecular weight is 258 g/mol. The van der Waals surface area contributed by atoms with Gasteiger partial charge in [0.1, 0.15) is 12.1 Å². The molecule has 0 aliphatic carbocycles. The van der Waals surface area contributed by atoms with Gasteiger partial charge in [0, 0.05) is 9.80 Å². The molecule has 0 bridgehead atoms. The van der Waals surface area contributed by atoms with Gasteiger partial charge in [-0.3, -0.25) is 4.79 Å². The maximum absolute atomic E-state index is 12.8. The summed E-state index contributed by atoms with van der Waals surface area (Å²) in [6.45, 7) is 0. The van der Waals surface area contributed by atoms with E-state index in [0.29, 0.717) is 0 Å². The SMILES string of the molecule is O=C/C=C(/Sc1ccc(F)cc1)c1ccccc1. The standard InChI is InChI=1S/C15H11FOS/c16-13-6-8-14(9-7-13)18-15(10-11-17)12-4-2-1-3-5-12/h1-11H/b15-10+. The van der Waals surface area contributed by atoms with Crippen LogP contribution in [-0.4, -0.2) is 6.29 Å². The van der Waals surface area contributed by atoms with E-state index in [1.54, 1.807) is 12.1 Å². The molecule has 0 aliphatic heterocycles. The summed E-state index contributed by atoms with van der Waals surface area (Å²) in [4.78, 5) is 12.4. The summed E-state index contributed by atoms with van der Waals surface area (Å²) >= 11 is 1.44. The number of thioether (sulfide) groups is 1. The van der Waals surface area contributed by atoms with Gasteiger partial charge in [0.25, 0.3) is 0 Å². The largest absolute Gasteiger partial charge is 0.299 e. The van der Waals surface area contributed by atoms with Crippen molar-refractivity contribution in [1.29, 1.82) is 0 Å². The van der Waals surface area contributed by atoms with Crippen molar-refractivity contribution in [1.82, 2.24) is 0 Å². The van der Waals surface area contributed by atoms with E-state index in [2.05, 4.69) is 0 Å².